The van der Waals surface area contributed by atoms with Gasteiger partial charge in [-0.15, -0.1) is 0 Å². The molecular weight excluding hydrogens is 271 g/mol. The van der Waals surface area contributed by atoms with Crippen molar-refractivity contribution in [2.45, 2.75) is 24.7 Å². The first-order chi connectivity index (χ1) is 8.88. The van der Waals surface area contributed by atoms with Gasteiger partial charge in [-0.2, -0.15) is 0 Å². The van der Waals surface area contributed by atoms with Crippen LogP contribution in [-0.2, 0) is 10.0 Å². The maximum absolute atomic E-state index is 13.7. The number of sulfonamides is 1. The SMILES string of the molecule is CCC(CCO)CNc1ccc(S(N)(=O)=O)cc1F. The number of anilines is 1. The minimum atomic E-state index is -3.89. The summed E-state index contributed by atoms with van der Waals surface area (Å²) in [5.41, 5.74) is 0.226. The molecule has 5 nitrogen and oxygen atoms in total. The van der Waals surface area contributed by atoms with Gasteiger partial charge >= 0.3 is 0 Å². The predicted octanol–water partition coefficient (Wildman–Crippen LogP) is 1.29. The summed E-state index contributed by atoms with van der Waals surface area (Å²) in [5.74, 6) is -0.423. The van der Waals surface area contributed by atoms with Crippen molar-refractivity contribution in [3.63, 3.8) is 0 Å². The predicted molar refractivity (Wildman–Crippen MR) is 71.7 cm³/mol. The highest BCUT2D eigenvalue weighted by molar-refractivity contribution is 7.89. The van der Waals surface area contributed by atoms with E-state index in [1.165, 1.54) is 12.1 Å². The van der Waals surface area contributed by atoms with E-state index < -0.39 is 15.8 Å². The van der Waals surface area contributed by atoms with E-state index in [2.05, 4.69) is 5.32 Å². The van der Waals surface area contributed by atoms with Gasteiger partial charge in [0.25, 0.3) is 0 Å². The molecular formula is C12H19FN2O3S. The highest BCUT2D eigenvalue weighted by Gasteiger charge is 2.12. The zero-order chi connectivity index (χ0) is 14.5. The molecule has 0 saturated heterocycles. The van der Waals surface area contributed by atoms with Crippen LogP contribution in [0.5, 0.6) is 0 Å². The van der Waals surface area contributed by atoms with Crippen LogP contribution >= 0.6 is 0 Å². The minimum absolute atomic E-state index is 0.0903. The van der Waals surface area contributed by atoms with Crippen LogP contribution in [0.25, 0.3) is 0 Å². The van der Waals surface area contributed by atoms with Gasteiger partial charge in [-0.05, 0) is 30.5 Å². The first kappa shape index (κ1) is 15.9. The molecule has 0 amide bonds. The topological polar surface area (TPSA) is 92.4 Å². The van der Waals surface area contributed by atoms with Gasteiger partial charge in [-0.3, -0.25) is 0 Å². The summed E-state index contributed by atoms with van der Waals surface area (Å²) in [6.07, 6.45) is 1.50. The Bertz CT molecular complexity index is 520. The van der Waals surface area contributed by atoms with Crippen molar-refractivity contribution in [2.75, 3.05) is 18.5 Å². The van der Waals surface area contributed by atoms with Crippen molar-refractivity contribution in [1.82, 2.24) is 0 Å². The van der Waals surface area contributed by atoms with Gasteiger partial charge in [0, 0.05) is 13.2 Å². The summed E-state index contributed by atoms with van der Waals surface area (Å²) in [5, 5.41) is 16.7. The maximum Gasteiger partial charge on any atom is 0.238 e. The van der Waals surface area contributed by atoms with Gasteiger partial charge in [0.1, 0.15) is 5.82 Å². The zero-order valence-electron chi connectivity index (χ0n) is 10.8. The van der Waals surface area contributed by atoms with Crippen LogP contribution in [0, 0.1) is 11.7 Å². The lowest BCUT2D eigenvalue weighted by atomic mass is 10.0. The number of aliphatic hydroxyl groups excluding tert-OH is 1. The molecule has 1 aromatic rings. The quantitative estimate of drug-likeness (QED) is 0.705. The molecule has 7 heteroatoms. The van der Waals surface area contributed by atoms with Crippen LogP contribution in [-0.4, -0.2) is 26.7 Å². The summed E-state index contributed by atoms with van der Waals surface area (Å²) in [7, 11) is -3.89. The summed E-state index contributed by atoms with van der Waals surface area (Å²) in [6, 6.07) is 3.50. The van der Waals surface area contributed by atoms with E-state index in [4.69, 9.17) is 10.2 Å². The second kappa shape index (κ2) is 6.83. The third kappa shape index (κ3) is 4.77. The molecule has 0 saturated carbocycles. The Kier molecular flexibility index (Phi) is 5.71. The molecule has 19 heavy (non-hydrogen) atoms. The van der Waals surface area contributed by atoms with E-state index in [1.54, 1.807) is 0 Å². The van der Waals surface area contributed by atoms with Gasteiger partial charge in [0.2, 0.25) is 10.0 Å². The van der Waals surface area contributed by atoms with Crippen LogP contribution < -0.4 is 10.5 Å². The number of aliphatic hydroxyl groups is 1. The number of hydrogen-bond acceptors (Lipinski definition) is 4. The molecule has 1 unspecified atom stereocenters. The molecule has 0 aliphatic rings. The molecule has 108 valence electrons. The Morgan fingerprint density at radius 1 is 1.47 bits per heavy atom. The lowest BCUT2D eigenvalue weighted by Crippen LogP contribution is -2.16. The largest absolute Gasteiger partial charge is 0.396 e. The third-order valence-electron chi connectivity index (χ3n) is 2.96. The molecule has 1 aromatic carbocycles. The van der Waals surface area contributed by atoms with Crippen LogP contribution in [0.4, 0.5) is 10.1 Å². The highest BCUT2D eigenvalue weighted by atomic mass is 32.2. The molecule has 0 aliphatic carbocycles. The fourth-order valence-corrected chi connectivity index (χ4v) is 2.23. The normalized spacial score (nSPS) is 13.3. The lowest BCUT2D eigenvalue weighted by molar-refractivity contribution is 0.258. The first-order valence-corrected chi connectivity index (χ1v) is 7.60. The van der Waals surface area contributed by atoms with Gasteiger partial charge in [0.05, 0.1) is 10.6 Å². The average Bonchev–Trinajstić information content (AvgIpc) is 2.34. The fourth-order valence-electron chi connectivity index (χ4n) is 1.70. The number of benzene rings is 1. The van der Waals surface area contributed by atoms with Crippen molar-refractivity contribution < 1.29 is 17.9 Å². The summed E-state index contributed by atoms with van der Waals surface area (Å²) >= 11 is 0. The van der Waals surface area contributed by atoms with E-state index in [9.17, 15) is 12.8 Å². The van der Waals surface area contributed by atoms with Crippen LogP contribution in [0.3, 0.4) is 0 Å². The summed E-state index contributed by atoms with van der Waals surface area (Å²) in [4.78, 5) is -0.252. The average molecular weight is 290 g/mol. The van der Waals surface area contributed by atoms with Crippen molar-refractivity contribution in [1.29, 1.82) is 0 Å². The van der Waals surface area contributed by atoms with E-state index in [-0.39, 0.29) is 23.1 Å². The second-order valence-corrected chi connectivity index (χ2v) is 5.92. The number of primary sulfonamides is 1. The van der Waals surface area contributed by atoms with Crippen LogP contribution in [0.15, 0.2) is 23.1 Å². The number of nitrogens with two attached hydrogens (primary N) is 1. The molecule has 0 spiro atoms. The van der Waals surface area contributed by atoms with E-state index in [0.29, 0.717) is 13.0 Å². The number of rotatable bonds is 7. The maximum atomic E-state index is 13.7. The van der Waals surface area contributed by atoms with Gasteiger partial charge in [-0.1, -0.05) is 13.3 Å². The Hall–Kier alpha value is -1.18. The zero-order valence-corrected chi connectivity index (χ0v) is 11.6. The van der Waals surface area contributed by atoms with Crippen LogP contribution in [0.2, 0.25) is 0 Å². The van der Waals surface area contributed by atoms with Crippen LogP contribution in [0.1, 0.15) is 19.8 Å². The van der Waals surface area contributed by atoms with Crippen molar-refractivity contribution in [2.24, 2.45) is 11.1 Å². The number of nitrogens with one attached hydrogen (secondary N) is 1. The van der Waals surface area contributed by atoms with Gasteiger partial charge in [0.15, 0.2) is 0 Å². The molecule has 0 aliphatic heterocycles. The lowest BCUT2D eigenvalue weighted by Gasteiger charge is -2.15. The molecule has 0 fully saturated rings. The molecule has 0 bridgehead atoms. The Balaban J connectivity index is 2.75. The summed E-state index contributed by atoms with van der Waals surface area (Å²) < 4.78 is 35.8. The third-order valence-corrected chi connectivity index (χ3v) is 3.88. The minimum Gasteiger partial charge on any atom is -0.396 e. The molecule has 0 heterocycles. The summed E-state index contributed by atoms with van der Waals surface area (Å²) in [6.45, 7) is 2.60. The smallest absolute Gasteiger partial charge is 0.238 e. The Morgan fingerprint density at radius 2 is 2.16 bits per heavy atom. The molecule has 1 atom stereocenters. The second-order valence-electron chi connectivity index (χ2n) is 4.35. The fraction of sp³-hybridized carbons (Fsp3) is 0.500. The Labute approximate surface area is 112 Å². The number of hydrogen-bond donors (Lipinski definition) is 3. The van der Waals surface area contributed by atoms with E-state index in [1.807, 2.05) is 6.92 Å². The molecule has 0 radical (unpaired) electrons. The highest BCUT2D eigenvalue weighted by Crippen LogP contribution is 2.19. The van der Waals surface area contributed by atoms with Crippen molar-refractivity contribution in [3.8, 4) is 0 Å². The van der Waals surface area contributed by atoms with Crippen molar-refractivity contribution in [3.05, 3.63) is 24.0 Å². The molecule has 0 aromatic heterocycles. The molecule has 1 rings (SSSR count). The van der Waals surface area contributed by atoms with E-state index >= 15 is 0 Å². The van der Waals surface area contributed by atoms with Gasteiger partial charge in [-0.25, -0.2) is 17.9 Å². The van der Waals surface area contributed by atoms with Gasteiger partial charge < -0.3 is 10.4 Å². The molecule has 4 N–H and O–H groups in total. The standard InChI is InChI=1S/C12H19FN2O3S/c1-2-9(5-6-16)8-15-12-4-3-10(7-11(12)13)19(14,17)18/h3-4,7,9,15-16H,2,5-6,8H2,1H3,(H2,14,17,18). The number of halogens is 1. The monoisotopic (exact) mass is 290 g/mol. The van der Waals surface area contributed by atoms with E-state index in [0.717, 1.165) is 12.5 Å². The Morgan fingerprint density at radius 3 is 2.63 bits per heavy atom. The van der Waals surface area contributed by atoms with Crippen molar-refractivity contribution >= 4 is 15.7 Å². The first-order valence-electron chi connectivity index (χ1n) is 6.05.